The van der Waals surface area contributed by atoms with Crippen LogP contribution in [-0.2, 0) is 23.1 Å². The van der Waals surface area contributed by atoms with E-state index in [2.05, 4.69) is 0 Å². The first-order valence-electron chi connectivity index (χ1n) is 7.59. The molecule has 0 aliphatic carbocycles. The standard InChI is InChI=1S/C14H29NO5Si/c1-5-20-13(16)12-8-6-11-21(18-3,19-4)14(12,17-2)9-7-10-15/h12H,5-11,15H2,1-4H3. The molecule has 0 radical (unpaired) electrons. The van der Waals surface area contributed by atoms with Gasteiger partial charge in [-0.2, -0.15) is 0 Å². The van der Waals surface area contributed by atoms with Gasteiger partial charge in [0.25, 0.3) is 0 Å². The van der Waals surface area contributed by atoms with Gasteiger partial charge in [0.2, 0.25) is 0 Å². The lowest BCUT2D eigenvalue weighted by Crippen LogP contribution is -2.70. The van der Waals surface area contributed by atoms with Gasteiger partial charge in [0, 0.05) is 21.3 Å². The molecule has 1 aliphatic heterocycles. The van der Waals surface area contributed by atoms with Crippen molar-refractivity contribution in [2.45, 2.75) is 43.9 Å². The summed E-state index contributed by atoms with van der Waals surface area (Å²) in [5, 5.41) is -0.736. The Kier molecular flexibility index (Phi) is 7.29. The van der Waals surface area contributed by atoms with Gasteiger partial charge in [-0.3, -0.25) is 4.79 Å². The largest absolute Gasteiger partial charge is 0.466 e. The molecule has 1 heterocycles. The van der Waals surface area contributed by atoms with E-state index in [0.29, 0.717) is 19.6 Å². The van der Waals surface area contributed by atoms with E-state index in [1.807, 2.05) is 6.92 Å². The molecule has 124 valence electrons. The molecule has 0 aromatic rings. The normalized spacial score (nSPS) is 28.3. The summed E-state index contributed by atoms with van der Waals surface area (Å²) in [7, 11) is 2.26. The van der Waals surface area contributed by atoms with Crippen molar-refractivity contribution in [3.05, 3.63) is 0 Å². The Bertz CT molecular complexity index is 337. The van der Waals surface area contributed by atoms with Crippen LogP contribution in [0.1, 0.15) is 32.6 Å². The van der Waals surface area contributed by atoms with Crippen LogP contribution in [0.2, 0.25) is 6.04 Å². The zero-order valence-corrected chi connectivity index (χ0v) is 14.6. The molecule has 1 fully saturated rings. The van der Waals surface area contributed by atoms with E-state index >= 15 is 0 Å². The molecule has 2 unspecified atom stereocenters. The van der Waals surface area contributed by atoms with Crippen molar-refractivity contribution in [3.8, 4) is 0 Å². The lowest BCUT2D eigenvalue weighted by molar-refractivity contribution is -0.160. The second-order valence-corrected chi connectivity index (χ2v) is 9.01. The molecule has 0 aromatic heterocycles. The minimum atomic E-state index is -2.68. The maximum absolute atomic E-state index is 12.4. The summed E-state index contributed by atoms with van der Waals surface area (Å²) in [6, 6.07) is 0.814. The lowest BCUT2D eigenvalue weighted by Gasteiger charge is -2.51. The fourth-order valence-electron chi connectivity index (χ4n) is 3.56. The Morgan fingerprint density at radius 1 is 1.33 bits per heavy atom. The monoisotopic (exact) mass is 319 g/mol. The van der Waals surface area contributed by atoms with Crippen LogP contribution in [0.3, 0.4) is 0 Å². The topological polar surface area (TPSA) is 80.0 Å². The van der Waals surface area contributed by atoms with E-state index in [-0.39, 0.29) is 11.9 Å². The van der Waals surface area contributed by atoms with Gasteiger partial charge in [-0.15, -0.1) is 0 Å². The van der Waals surface area contributed by atoms with E-state index in [1.165, 1.54) is 0 Å². The summed E-state index contributed by atoms with van der Waals surface area (Å²) < 4.78 is 22.8. The summed E-state index contributed by atoms with van der Waals surface area (Å²) in [5.74, 6) is -0.573. The molecule has 1 aliphatic rings. The number of hydrogen-bond donors (Lipinski definition) is 1. The fourth-order valence-corrected chi connectivity index (χ4v) is 7.58. The van der Waals surface area contributed by atoms with E-state index in [4.69, 9.17) is 24.1 Å². The molecule has 2 atom stereocenters. The van der Waals surface area contributed by atoms with E-state index in [1.54, 1.807) is 21.3 Å². The van der Waals surface area contributed by atoms with Crippen molar-refractivity contribution in [2.24, 2.45) is 11.7 Å². The number of esters is 1. The maximum atomic E-state index is 12.4. The third-order valence-electron chi connectivity index (χ3n) is 4.55. The van der Waals surface area contributed by atoms with Crippen LogP contribution in [0, 0.1) is 5.92 Å². The zero-order valence-electron chi connectivity index (χ0n) is 13.6. The number of methoxy groups -OCH3 is 1. The van der Waals surface area contributed by atoms with Gasteiger partial charge in [-0.05, 0) is 38.8 Å². The zero-order chi connectivity index (χ0) is 15.9. The average Bonchev–Trinajstić information content (AvgIpc) is 2.52. The number of rotatable bonds is 8. The predicted molar refractivity (Wildman–Crippen MR) is 82.0 cm³/mol. The molecule has 1 rings (SSSR count). The van der Waals surface area contributed by atoms with Crippen LogP contribution in [0.4, 0.5) is 0 Å². The van der Waals surface area contributed by atoms with Crippen LogP contribution >= 0.6 is 0 Å². The predicted octanol–water partition coefficient (Wildman–Crippen LogP) is 1.36. The molecule has 0 amide bonds. The van der Waals surface area contributed by atoms with Crippen LogP contribution in [0.15, 0.2) is 0 Å². The van der Waals surface area contributed by atoms with Gasteiger partial charge in [0.1, 0.15) is 5.22 Å². The van der Waals surface area contributed by atoms with Gasteiger partial charge >= 0.3 is 14.5 Å². The minimum Gasteiger partial charge on any atom is -0.466 e. The molecular formula is C14H29NO5Si. The molecule has 0 saturated carbocycles. The highest BCUT2D eigenvalue weighted by atomic mass is 28.4. The summed E-state index contributed by atoms with van der Waals surface area (Å²) in [5.41, 5.74) is 5.67. The van der Waals surface area contributed by atoms with Gasteiger partial charge < -0.3 is 24.1 Å². The maximum Gasteiger partial charge on any atom is 0.371 e. The summed E-state index contributed by atoms with van der Waals surface area (Å²) >= 11 is 0. The Labute approximate surface area is 128 Å². The third-order valence-corrected chi connectivity index (χ3v) is 8.98. The Balaban J connectivity index is 3.22. The summed E-state index contributed by atoms with van der Waals surface area (Å²) in [6.45, 7) is 2.71. The molecule has 2 N–H and O–H groups in total. The van der Waals surface area contributed by atoms with Gasteiger partial charge in [-0.25, -0.2) is 0 Å². The number of ether oxygens (including phenoxy) is 2. The van der Waals surface area contributed by atoms with E-state index in [0.717, 1.165) is 25.3 Å². The quantitative estimate of drug-likeness (QED) is 0.537. The van der Waals surface area contributed by atoms with Crippen LogP contribution in [0.5, 0.6) is 0 Å². The summed E-state index contributed by atoms with van der Waals surface area (Å²) in [6.07, 6.45) is 3.02. The fraction of sp³-hybridized carbons (Fsp3) is 0.929. The number of hydrogen-bond acceptors (Lipinski definition) is 6. The van der Waals surface area contributed by atoms with Crippen molar-refractivity contribution in [1.82, 2.24) is 0 Å². The molecule has 0 spiro atoms. The second kappa shape index (κ2) is 8.24. The van der Waals surface area contributed by atoms with Crippen LogP contribution in [-0.4, -0.2) is 54.2 Å². The van der Waals surface area contributed by atoms with E-state index in [9.17, 15) is 4.79 Å². The molecule has 0 bridgehead atoms. The molecular weight excluding hydrogens is 290 g/mol. The van der Waals surface area contributed by atoms with E-state index < -0.39 is 13.8 Å². The average molecular weight is 319 g/mol. The van der Waals surface area contributed by atoms with Gasteiger partial charge in [0.05, 0.1) is 12.5 Å². The van der Waals surface area contributed by atoms with Crippen molar-refractivity contribution in [3.63, 3.8) is 0 Å². The smallest absolute Gasteiger partial charge is 0.371 e. The molecule has 0 aromatic carbocycles. The van der Waals surface area contributed by atoms with Crippen molar-refractivity contribution in [1.29, 1.82) is 0 Å². The highest BCUT2D eigenvalue weighted by Crippen LogP contribution is 2.46. The third kappa shape index (κ3) is 3.32. The highest BCUT2D eigenvalue weighted by Gasteiger charge is 2.65. The van der Waals surface area contributed by atoms with Crippen molar-refractivity contribution in [2.75, 3.05) is 34.5 Å². The van der Waals surface area contributed by atoms with Crippen molar-refractivity contribution < 1.29 is 23.1 Å². The first-order valence-corrected chi connectivity index (χ1v) is 9.62. The lowest BCUT2D eigenvalue weighted by atomic mass is 9.92. The van der Waals surface area contributed by atoms with Gasteiger partial charge in [-0.1, -0.05) is 6.42 Å². The summed E-state index contributed by atoms with van der Waals surface area (Å²) in [4.78, 5) is 12.4. The minimum absolute atomic E-state index is 0.220. The molecule has 21 heavy (non-hydrogen) atoms. The first-order chi connectivity index (χ1) is 10.1. The highest BCUT2D eigenvalue weighted by molar-refractivity contribution is 6.71. The Morgan fingerprint density at radius 3 is 2.48 bits per heavy atom. The first kappa shape index (κ1) is 18.6. The van der Waals surface area contributed by atoms with Crippen LogP contribution < -0.4 is 5.73 Å². The van der Waals surface area contributed by atoms with Crippen LogP contribution in [0.25, 0.3) is 0 Å². The van der Waals surface area contributed by atoms with Crippen molar-refractivity contribution >= 4 is 14.5 Å². The molecule has 6 nitrogen and oxygen atoms in total. The second-order valence-electron chi connectivity index (χ2n) is 5.34. The van der Waals surface area contributed by atoms with Gasteiger partial charge in [0.15, 0.2) is 0 Å². The number of carbonyl (C=O) groups is 1. The Morgan fingerprint density at radius 2 is 2.00 bits per heavy atom. The molecule has 7 heteroatoms. The molecule has 1 saturated heterocycles. The number of carbonyl (C=O) groups excluding carboxylic acids is 1. The number of nitrogens with two attached hydrogens (primary N) is 1. The Hall–Kier alpha value is -0.473. The SMILES string of the molecule is CCOC(=O)C1CCC[Si](OC)(OC)C1(CCCN)OC.